The topological polar surface area (TPSA) is 138 Å². The summed E-state index contributed by atoms with van der Waals surface area (Å²) in [6, 6.07) is 5.06. The first-order valence-electron chi connectivity index (χ1n) is 11.1. The number of aromatic nitrogens is 3. The van der Waals surface area contributed by atoms with E-state index in [1.165, 1.54) is 18.9 Å². The van der Waals surface area contributed by atoms with E-state index in [9.17, 15) is 14.4 Å². The van der Waals surface area contributed by atoms with Gasteiger partial charge in [0, 0.05) is 18.0 Å². The Bertz CT molecular complexity index is 1310. The average Bonchev–Trinajstić information content (AvgIpc) is 3.40. The molecule has 2 amide bonds. The van der Waals surface area contributed by atoms with Crippen molar-refractivity contribution in [3.05, 3.63) is 50.1 Å². The van der Waals surface area contributed by atoms with E-state index in [-0.39, 0.29) is 27.1 Å². The Kier molecular flexibility index (Phi) is 10.2. The molecule has 0 spiro atoms. The zero-order valence-corrected chi connectivity index (χ0v) is 23.4. The number of carbonyl (C=O) groups is 3. The van der Waals surface area contributed by atoms with Crippen LogP contribution in [0.15, 0.2) is 23.4 Å². The lowest BCUT2D eigenvalue weighted by Gasteiger charge is -2.09. The number of methoxy groups -OCH3 is 1. The zero-order valence-electron chi connectivity index (χ0n) is 20.3. The van der Waals surface area contributed by atoms with Crippen molar-refractivity contribution >= 4 is 69.1 Å². The molecule has 0 unspecified atom stereocenters. The number of hydrogen-bond acceptors (Lipinski definition) is 9. The third-order valence-electron chi connectivity index (χ3n) is 5.15. The fraction of sp³-hybridized carbons (Fsp3) is 0.348. The van der Waals surface area contributed by atoms with Crippen LogP contribution in [0.25, 0.3) is 0 Å². The second-order valence-electron chi connectivity index (χ2n) is 7.62. The summed E-state index contributed by atoms with van der Waals surface area (Å²) in [5, 5.41) is 12.9. The summed E-state index contributed by atoms with van der Waals surface area (Å²) < 4.78 is 12.4. The highest BCUT2D eigenvalue weighted by Crippen LogP contribution is 2.34. The number of hydrogen-bond donors (Lipinski definition) is 2. The van der Waals surface area contributed by atoms with E-state index in [4.69, 9.17) is 38.4 Å². The van der Waals surface area contributed by atoms with Gasteiger partial charge in [0.1, 0.15) is 16.6 Å². The normalized spacial score (nSPS) is 10.8. The van der Waals surface area contributed by atoms with Gasteiger partial charge < -0.3 is 25.1 Å². The number of aryl methyl sites for hydroxylation is 1. The minimum atomic E-state index is -0.687. The van der Waals surface area contributed by atoms with Crippen molar-refractivity contribution in [1.29, 1.82) is 0 Å². The van der Waals surface area contributed by atoms with Crippen molar-refractivity contribution in [2.75, 3.05) is 24.8 Å². The van der Waals surface area contributed by atoms with Crippen molar-refractivity contribution in [3.8, 4) is 5.75 Å². The Morgan fingerprint density at radius 3 is 2.65 bits per heavy atom. The molecule has 3 N–H and O–H groups in total. The Morgan fingerprint density at radius 2 is 2.00 bits per heavy atom. The van der Waals surface area contributed by atoms with Crippen LogP contribution in [-0.2, 0) is 22.5 Å². The van der Waals surface area contributed by atoms with Crippen LogP contribution in [0, 0.1) is 6.92 Å². The number of anilines is 1. The number of ether oxygens (including phenoxy) is 2. The van der Waals surface area contributed by atoms with E-state index >= 15 is 0 Å². The predicted molar refractivity (Wildman–Crippen MR) is 144 cm³/mol. The summed E-state index contributed by atoms with van der Waals surface area (Å²) in [4.78, 5) is 36.7. The Morgan fingerprint density at radius 1 is 1.24 bits per heavy atom. The maximum absolute atomic E-state index is 12.7. The zero-order chi connectivity index (χ0) is 27.1. The molecule has 198 valence electrons. The Balaban J connectivity index is 1.58. The minimum absolute atomic E-state index is 0.0137. The third kappa shape index (κ3) is 7.16. The number of halogens is 2. The van der Waals surface area contributed by atoms with Crippen LogP contribution in [-0.4, -0.2) is 52.0 Å². The summed E-state index contributed by atoms with van der Waals surface area (Å²) >= 11 is 14.2. The number of nitrogens with zero attached hydrogens (tertiary/aromatic N) is 3. The molecule has 2 heterocycles. The third-order valence-corrected chi connectivity index (χ3v) is 7.87. The average molecular weight is 587 g/mol. The predicted octanol–water partition coefficient (Wildman–Crippen LogP) is 4.60. The summed E-state index contributed by atoms with van der Waals surface area (Å²) in [6.07, 6.45) is 1.30. The van der Waals surface area contributed by atoms with Gasteiger partial charge in [0.2, 0.25) is 5.91 Å². The van der Waals surface area contributed by atoms with Crippen LogP contribution in [0.2, 0.25) is 10.0 Å². The molecule has 3 aromatic rings. The van der Waals surface area contributed by atoms with Crippen LogP contribution < -0.4 is 15.8 Å². The molecule has 0 aliphatic heterocycles. The Labute approximate surface area is 231 Å². The number of nitrogens with two attached hydrogens (primary N) is 1. The van der Waals surface area contributed by atoms with Crippen molar-refractivity contribution < 1.29 is 23.9 Å². The quantitative estimate of drug-likeness (QED) is 0.178. The maximum atomic E-state index is 12.7. The molecule has 0 atom stereocenters. The van der Waals surface area contributed by atoms with Crippen LogP contribution in [0.3, 0.4) is 0 Å². The highest BCUT2D eigenvalue weighted by Gasteiger charge is 2.25. The Hall–Kier alpha value is -2.80. The summed E-state index contributed by atoms with van der Waals surface area (Å²) in [7, 11) is 1.22. The number of nitrogens with one attached hydrogen (secondary N) is 1. The number of carbonyl (C=O) groups excluding carboxylic acids is 3. The van der Waals surface area contributed by atoms with E-state index in [0.717, 1.165) is 17.2 Å². The number of thiophene rings is 1. The van der Waals surface area contributed by atoms with E-state index in [1.54, 1.807) is 25.1 Å². The van der Waals surface area contributed by atoms with Gasteiger partial charge in [-0.2, -0.15) is 0 Å². The molecule has 1 aromatic carbocycles. The maximum Gasteiger partial charge on any atom is 0.341 e. The molecule has 2 aromatic heterocycles. The van der Waals surface area contributed by atoms with Crippen LogP contribution >= 0.6 is 46.3 Å². The molecular weight excluding hydrogens is 561 g/mol. The first kappa shape index (κ1) is 28.8. The fourth-order valence-corrected chi connectivity index (χ4v) is 5.76. The molecule has 0 aliphatic carbocycles. The minimum Gasteiger partial charge on any atom is -0.492 e. The highest BCUT2D eigenvalue weighted by molar-refractivity contribution is 7.99. The van der Waals surface area contributed by atoms with Crippen LogP contribution in [0.5, 0.6) is 5.75 Å². The lowest BCUT2D eigenvalue weighted by Crippen LogP contribution is -2.16. The monoisotopic (exact) mass is 585 g/mol. The van der Waals surface area contributed by atoms with Gasteiger partial charge in [-0.1, -0.05) is 35.0 Å². The first-order chi connectivity index (χ1) is 17.7. The molecule has 0 fully saturated rings. The molecule has 37 heavy (non-hydrogen) atoms. The van der Waals surface area contributed by atoms with Crippen molar-refractivity contribution in [3.63, 3.8) is 0 Å². The van der Waals surface area contributed by atoms with E-state index in [0.29, 0.717) is 52.5 Å². The lowest BCUT2D eigenvalue weighted by atomic mass is 10.1. The van der Waals surface area contributed by atoms with Gasteiger partial charge in [-0.05, 0) is 44.0 Å². The molecule has 3 rings (SSSR count). The SMILES string of the molecule is CCn1c(CCCOc2ccc(Cl)cc2Cl)nnc1SCC(=O)Nc1sc(C(N)=O)c(C)c1C(=O)OC. The molecule has 0 bridgehead atoms. The standard InChI is InChI=1S/C23H25Cl2N5O5S2/c1-4-30-16(6-5-9-35-15-8-7-13(24)10-14(15)25)28-29-23(30)36-11-17(31)27-21-18(22(33)34-3)12(2)19(37-21)20(26)32/h7-8,10H,4-6,9,11H2,1-3H3,(H2,26,32)(H,27,31). The van der Waals surface area contributed by atoms with Gasteiger partial charge in [0.05, 0.1) is 34.9 Å². The van der Waals surface area contributed by atoms with Crippen molar-refractivity contribution in [2.24, 2.45) is 5.73 Å². The molecular formula is C23H25Cl2N5O5S2. The summed E-state index contributed by atoms with van der Waals surface area (Å²) in [5.41, 5.74) is 5.87. The number of benzene rings is 1. The van der Waals surface area contributed by atoms with Gasteiger partial charge in [-0.25, -0.2) is 4.79 Å². The van der Waals surface area contributed by atoms with Gasteiger partial charge in [-0.3, -0.25) is 9.59 Å². The number of amides is 2. The number of rotatable bonds is 12. The lowest BCUT2D eigenvalue weighted by molar-refractivity contribution is -0.113. The van der Waals surface area contributed by atoms with E-state index in [1.807, 2.05) is 11.5 Å². The molecule has 10 nitrogen and oxygen atoms in total. The van der Waals surface area contributed by atoms with Crippen LogP contribution in [0.4, 0.5) is 5.00 Å². The van der Waals surface area contributed by atoms with Crippen molar-refractivity contribution in [1.82, 2.24) is 14.8 Å². The van der Waals surface area contributed by atoms with E-state index < -0.39 is 11.9 Å². The second kappa shape index (κ2) is 13.1. The molecule has 0 radical (unpaired) electrons. The number of esters is 1. The van der Waals surface area contributed by atoms with Gasteiger partial charge >= 0.3 is 5.97 Å². The summed E-state index contributed by atoms with van der Waals surface area (Å²) in [5.74, 6) is -0.393. The molecule has 0 saturated heterocycles. The molecule has 0 saturated carbocycles. The smallest absolute Gasteiger partial charge is 0.341 e. The van der Waals surface area contributed by atoms with Gasteiger partial charge in [-0.15, -0.1) is 21.5 Å². The second-order valence-corrected chi connectivity index (χ2v) is 10.4. The molecule has 14 heteroatoms. The highest BCUT2D eigenvalue weighted by atomic mass is 35.5. The van der Waals surface area contributed by atoms with E-state index in [2.05, 4.69) is 15.5 Å². The first-order valence-corrected chi connectivity index (χ1v) is 13.7. The number of primary amides is 1. The largest absolute Gasteiger partial charge is 0.492 e. The summed E-state index contributed by atoms with van der Waals surface area (Å²) in [6.45, 7) is 4.59. The van der Waals surface area contributed by atoms with Crippen molar-refractivity contribution in [2.45, 2.75) is 38.4 Å². The van der Waals surface area contributed by atoms with Crippen LogP contribution in [0.1, 0.15) is 44.8 Å². The van der Waals surface area contributed by atoms with Gasteiger partial charge in [0.15, 0.2) is 5.16 Å². The number of thioether (sulfide) groups is 1. The van der Waals surface area contributed by atoms with Gasteiger partial charge in [0.25, 0.3) is 5.91 Å². The fourth-order valence-electron chi connectivity index (χ4n) is 3.41. The molecule has 0 aliphatic rings.